The van der Waals surface area contributed by atoms with Gasteiger partial charge in [-0.1, -0.05) is 32.3 Å². The maximum atomic E-state index is 5.35. The van der Waals surface area contributed by atoms with E-state index in [9.17, 15) is 0 Å². The lowest BCUT2D eigenvalue weighted by Gasteiger charge is -2.15. The Hall–Kier alpha value is -0.900. The van der Waals surface area contributed by atoms with Gasteiger partial charge >= 0.3 is 0 Å². The van der Waals surface area contributed by atoms with Crippen LogP contribution in [-0.2, 0) is 5.41 Å². The number of aromatic nitrogens is 2. The van der Waals surface area contributed by atoms with Crippen molar-refractivity contribution in [2.45, 2.75) is 57.4 Å². The number of nitrogens with one attached hydrogen (secondary N) is 1. The fraction of sp³-hybridized carbons (Fsp3) is 0.833. The first-order chi connectivity index (χ1) is 7.52. The Morgan fingerprint density at radius 1 is 1.31 bits per heavy atom. The van der Waals surface area contributed by atoms with Crippen LogP contribution in [0.15, 0.2) is 4.52 Å². The van der Waals surface area contributed by atoms with Crippen LogP contribution in [0.4, 0.5) is 0 Å². The van der Waals surface area contributed by atoms with Crippen molar-refractivity contribution in [3.63, 3.8) is 0 Å². The van der Waals surface area contributed by atoms with E-state index in [0.29, 0.717) is 12.0 Å². The topological polar surface area (TPSA) is 51.0 Å². The molecule has 0 radical (unpaired) electrons. The van der Waals surface area contributed by atoms with E-state index < -0.39 is 0 Å². The van der Waals surface area contributed by atoms with Gasteiger partial charge in [-0.2, -0.15) is 4.98 Å². The molecule has 0 saturated heterocycles. The molecule has 90 valence electrons. The number of nitrogens with zero attached hydrogens (tertiary/aromatic N) is 2. The molecule has 1 N–H and O–H groups in total. The first kappa shape index (κ1) is 11.6. The molecular formula is C12H21N3O. The quantitative estimate of drug-likeness (QED) is 0.835. The lowest BCUT2D eigenvalue weighted by atomic mass is 9.97. The second-order valence-corrected chi connectivity index (χ2v) is 5.64. The molecule has 1 fully saturated rings. The summed E-state index contributed by atoms with van der Waals surface area (Å²) in [7, 11) is 2.01. The number of hydrogen-bond acceptors (Lipinski definition) is 4. The predicted molar refractivity (Wildman–Crippen MR) is 62.4 cm³/mol. The molecule has 4 heteroatoms. The van der Waals surface area contributed by atoms with E-state index in [2.05, 4.69) is 36.2 Å². The van der Waals surface area contributed by atoms with Gasteiger partial charge in [-0.3, -0.25) is 0 Å². The minimum absolute atomic E-state index is 0.0566. The molecule has 1 aliphatic carbocycles. The minimum Gasteiger partial charge on any atom is -0.339 e. The van der Waals surface area contributed by atoms with Crippen molar-refractivity contribution in [2.24, 2.45) is 0 Å². The van der Waals surface area contributed by atoms with Crippen molar-refractivity contribution in [3.8, 4) is 0 Å². The van der Waals surface area contributed by atoms with Gasteiger partial charge in [0.25, 0.3) is 0 Å². The highest BCUT2D eigenvalue weighted by Crippen LogP contribution is 2.33. The predicted octanol–water partition coefficient (Wildman–Crippen LogP) is 2.22. The van der Waals surface area contributed by atoms with Gasteiger partial charge in [0.15, 0.2) is 5.82 Å². The summed E-state index contributed by atoms with van der Waals surface area (Å²) in [6, 6.07) is 0.505. The lowest BCUT2D eigenvalue weighted by Crippen LogP contribution is -2.28. The summed E-state index contributed by atoms with van der Waals surface area (Å²) in [5.74, 6) is 2.04. The number of hydrogen-bond donors (Lipinski definition) is 1. The van der Waals surface area contributed by atoms with Crippen molar-refractivity contribution in [1.82, 2.24) is 15.5 Å². The molecule has 0 aromatic carbocycles. The van der Waals surface area contributed by atoms with Crippen LogP contribution in [-0.4, -0.2) is 23.2 Å². The molecule has 1 aromatic heterocycles. The largest absolute Gasteiger partial charge is 0.339 e. The van der Waals surface area contributed by atoms with Gasteiger partial charge in [0.05, 0.1) is 0 Å². The van der Waals surface area contributed by atoms with Crippen LogP contribution in [0, 0.1) is 0 Å². The lowest BCUT2D eigenvalue weighted by molar-refractivity contribution is 0.315. The molecule has 0 amide bonds. The van der Waals surface area contributed by atoms with E-state index in [4.69, 9.17) is 4.52 Å². The highest BCUT2D eigenvalue weighted by Gasteiger charge is 2.32. The summed E-state index contributed by atoms with van der Waals surface area (Å²) >= 11 is 0. The summed E-state index contributed by atoms with van der Waals surface area (Å²) in [6.45, 7) is 6.28. The summed E-state index contributed by atoms with van der Waals surface area (Å²) in [4.78, 5) is 4.54. The Morgan fingerprint density at radius 2 is 2.06 bits per heavy atom. The Morgan fingerprint density at radius 3 is 2.62 bits per heavy atom. The van der Waals surface area contributed by atoms with E-state index >= 15 is 0 Å². The van der Waals surface area contributed by atoms with Crippen LogP contribution in [0.1, 0.15) is 57.7 Å². The molecule has 4 nitrogen and oxygen atoms in total. The molecule has 0 spiro atoms. The molecule has 0 bridgehead atoms. The first-order valence-electron chi connectivity index (χ1n) is 6.03. The summed E-state index contributed by atoms with van der Waals surface area (Å²) in [6.07, 6.45) is 3.62. The summed E-state index contributed by atoms with van der Waals surface area (Å²) in [5, 5.41) is 7.48. The standard InChI is InChI=1S/C12H21N3O/c1-12(2,3)11-14-10(15-16-11)8-6-5-7-9(8)13-4/h8-9,13H,5-7H2,1-4H3/t8-,9+/m0/s1. The molecule has 1 aromatic rings. The Bertz CT molecular complexity index is 353. The molecule has 16 heavy (non-hydrogen) atoms. The third kappa shape index (κ3) is 2.12. The van der Waals surface area contributed by atoms with Crippen molar-refractivity contribution in [2.75, 3.05) is 7.05 Å². The van der Waals surface area contributed by atoms with Gasteiger partial charge in [-0.15, -0.1) is 0 Å². The second kappa shape index (κ2) is 4.17. The molecular weight excluding hydrogens is 202 g/mol. The first-order valence-corrected chi connectivity index (χ1v) is 6.03. The highest BCUT2D eigenvalue weighted by atomic mass is 16.5. The van der Waals surface area contributed by atoms with E-state index in [1.807, 2.05) is 7.05 Å². The molecule has 2 rings (SSSR count). The van der Waals surface area contributed by atoms with Crippen LogP contribution in [0.25, 0.3) is 0 Å². The number of rotatable bonds is 2. The van der Waals surface area contributed by atoms with Crippen LogP contribution >= 0.6 is 0 Å². The zero-order valence-electron chi connectivity index (χ0n) is 10.6. The van der Waals surface area contributed by atoms with E-state index in [0.717, 1.165) is 18.1 Å². The van der Waals surface area contributed by atoms with Crippen LogP contribution in [0.3, 0.4) is 0 Å². The maximum Gasteiger partial charge on any atom is 0.232 e. The van der Waals surface area contributed by atoms with Crippen LogP contribution in [0.5, 0.6) is 0 Å². The Labute approximate surface area is 96.8 Å². The average molecular weight is 223 g/mol. The zero-order valence-corrected chi connectivity index (χ0v) is 10.6. The molecule has 1 aliphatic rings. The molecule has 1 saturated carbocycles. The summed E-state index contributed by atoms with van der Waals surface area (Å²) < 4.78 is 5.35. The normalized spacial score (nSPS) is 26.2. The van der Waals surface area contributed by atoms with Crippen molar-refractivity contribution in [1.29, 1.82) is 0 Å². The van der Waals surface area contributed by atoms with Gasteiger partial charge in [0.1, 0.15) is 0 Å². The molecule has 0 unspecified atom stereocenters. The van der Waals surface area contributed by atoms with Crippen molar-refractivity contribution in [3.05, 3.63) is 11.7 Å². The maximum absolute atomic E-state index is 5.35. The Kier molecular flexibility index (Phi) is 3.02. The minimum atomic E-state index is -0.0566. The van der Waals surface area contributed by atoms with Crippen LogP contribution < -0.4 is 5.32 Å². The monoisotopic (exact) mass is 223 g/mol. The SMILES string of the molecule is CN[C@@H]1CCC[C@@H]1c1noc(C(C)(C)C)n1. The number of likely N-dealkylation sites (N-methyl/N-ethyl adjacent to an activating group) is 1. The van der Waals surface area contributed by atoms with Crippen molar-refractivity contribution < 1.29 is 4.52 Å². The average Bonchev–Trinajstić information content (AvgIpc) is 2.84. The van der Waals surface area contributed by atoms with Gasteiger partial charge in [-0.25, -0.2) is 0 Å². The third-order valence-corrected chi connectivity index (χ3v) is 3.30. The van der Waals surface area contributed by atoms with Gasteiger partial charge in [0.2, 0.25) is 5.89 Å². The van der Waals surface area contributed by atoms with Gasteiger partial charge in [-0.05, 0) is 19.9 Å². The smallest absolute Gasteiger partial charge is 0.232 e. The fourth-order valence-corrected chi connectivity index (χ4v) is 2.30. The molecule has 1 heterocycles. The third-order valence-electron chi connectivity index (χ3n) is 3.30. The van der Waals surface area contributed by atoms with Gasteiger partial charge < -0.3 is 9.84 Å². The van der Waals surface area contributed by atoms with Crippen molar-refractivity contribution >= 4 is 0 Å². The fourth-order valence-electron chi connectivity index (χ4n) is 2.30. The summed E-state index contributed by atoms with van der Waals surface area (Å²) in [5.41, 5.74) is -0.0566. The highest BCUT2D eigenvalue weighted by molar-refractivity contribution is 5.07. The second-order valence-electron chi connectivity index (χ2n) is 5.64. The van der Waals surface area contributed by atoms with E-state index in [-0.39, 0.29) is 5.41 Å². The van der Waals surface area contributed by atoms with Gasteiger partial charge in [0, 0.05) is 17.4 Å². The van der Waals surface area contributed by atoms with E-state index in [1.165, 1.54) is 12.8 Å². The van der Waals surface area contributed by atoms with Crippen LogP contribution in [0.2, 0.25) is 0 Å². The zero-order chi connectivity index (χ0) is 11.8. The Balaban J connectivity index is 2.18. The molecule has 2 atom stereocenters. The molecule has 0 aliphatic heterocycles. The van der Waals surface area contributed by atoms with E-state index in [1.54, 1.807) is 0 Å².